The van der Waals surface area contributed by atoms with Crippen molar-refractivity contribution < 1.29 is 27.9 Å². The van der Waals surface area contributed by atoms with Crippen LogP contribution in [0.5, 0.6) is 0 Å². The van der Waals surface area contributed by atoms with Gasteiger partial charge in [-0.2, -0.15) is 24.9 Å². The number of carbonyl (C=O) groups is 2. The Balaban J connectivity index is 0.000000224. The molecule has 0 radical (unpaired) electrons. The third-order valence-corrected chi connectivity index (χ3v) is 3.64. The Morgan fingerprint density at radius 2 is 1.68 bits per heavy atom. The number of nitrogens with zero attached hydrogens (tertiary/aromatic N) is 1. The molecule has 2 fully saturated rings. The number of hydrogen-bond donors (Lipinski definition) is 2. The van der Waals surface area contributed by atoms with Gasteiger partial charge < -0.3 is 15.3 Å². The van der Waals surface area contributed by atoms with Crippen LogP contribution in [0, 0.1) is 5.92 Å². The number of nitrogens with one attached hydrogen (secondary N) is 1. The molecule has 19 heavy (non-hydrogen) atoms. The number of hydrogen-bond acceptors (Lipinski definition) is 4. The van der Waals surface area contributed by atoms with E-state index in [2.05, 4.69) is 5.32 Å². The lowest BCUT2D eigenvalue weighted by Gasteiger charge is -2.34. The smallest absolute Gasteiger partial charge is 0.475 e. The van der Waals surface area contributed by atoms with Gasteiger partial charge in [-0.1, -0.05) is 0 Å². The molecule has 110 valence electrons. The van der Waals surface area contributed by atoms with Crippen LogP contribution in [0.2, 0.25) is 0 Å². The fourth-order valence-corrected chi connectivity index (χ4v) is 2.41. The summed E-state index contributed by atoms with van der Waals surface area (Å²) in [5, 5.41) is 10.3. The quantitative estimate of drug-likeness (QED) is 0.734. The Morgan fingerprint density at radius 1 is 1.21 bits per heavy atom. The molecule has 2 heterocycles. The molecule has 9 heteroatoms. The van der Waals surface area contributed by atoms with Crippen LogP contribution in [0.3, 0.4) is 0 Å². The molecular weight excluding hydrogens is 285 g/mol. The fourth-order valence-electron chi connectivity index (χ4n) is 1.51. The summed E-state index contributed by atoms with van der Waals surface area (Å²) in [6.45, 7) is 3.70. The van der Waals surface area contributed by atoms with Gasteiger partial charge in [0.1, 0.15) is 0 Å². The summed E-state index contributed by atoms with van der Waals surface area (Å²) in [4.78, 5) is 22.6. The van der Waals surface area contributed by atoms with E-state index in [-0.39, 0.29) is 5.92 Å². The van der Waals surface area contributed by atoms with Crippen molar-refractivity contribution in [2.45, 2.75) is 6.18 Å². The molecule has 2 aliphatic rings. The highest BCUT2D eigenvalue weighted by atomic mass is 32.2. The molecule has 0 aromatic heterocycles. The Bertz CT molecular complexity index is 328. The summed E-state index contributed by atoms with van der Waals surface area (Å²) in [5.74, 6) is 0.132. The first-order chi connectivity index (χ1) is 8.82. The van der Waals surface area contributed by atoms with Gasteiger partial charge in [0, 0.05) is 37.7 Å². The van der Waals surface area contributed by atoms with Crippen molar-refractivity contribution in [1.29, 1.82) is 0 Å². The summed E-state index contributed by atoms with van der Waals surface area (Å²) < 4.78 is 31.7. The number of carboxylic acid groups (broad SMARTS) is 1. The standard InChI is InChI=1S/C8H14N2OS.C2HF3O2/c11-8(7-5-9-6-7)10-1-3-12-4-2-10;3-2(4,5)1(6)7/h7,9H,1-6H2;(H,6,7). The minimum absolute atomic E-state index is 0.285. The topological polar surface area (TPSA) is 69.6 Å². The second kappa shape index (κ2) is 6.99. The number of amides is 1. The van der Waals surface area contributed by atoms with Crippen LogP contribution in [0.25, 0.3) is 0 Å². The van der Waals surface area contributed by atoms with Gasteiger partial charge in [0.2, 0.25) is 5.91 Å². The van der Waals surface area contributed by atoms with E-state index in [1.165, 1.54) is 0 Å². The number of thioether (sulfide) groups is 1. The maximum absolute atomic E-state index is 11.7. The minimum Gasteiger partial charge on any atom is -0.475 e. The molecule has 0 atom stereocenters. The zero-order chi connectivity index (χ0) is 14.5. The maximum Gasteiger partial charge on any atom is 0.490 e. The van der Waals surface area contributed by atoms with Crippen LogP contribution in [0.4, 0.5) is 13.2 Å². The van der Waals surface area contributed by atoms with E-state index in [1.807, 2.05) is 16.7 Å². The summed E-state index contributed by atoms with van der Waals surface area (Å²) in [6, 6.07) is 0. The van der Waals surface area contributed by atoms with E-state index < -0.39 is 12.1 Å². The highest BCUT2D eigenvalue weighted by Gasteiger charge is 2.38. The van der Waals surface area contributed by atoms with Crippen LogP contribution in [-0.4, -0.2) is 65.7 Å². The van der Waals surface area contributed by atoms with Gasteiger partial charge in [0.15, 0.2) is 0 Å². The summed E-state index contributed by atoms with van der Waals surface area (Å²) in [5.41, 5.74) is 0. The van der Waals surface area contributed by atoms with Crippen molar-refractivity contribution in [3.63, 3.8) is 0 Å². The molecule has 2 rings (SSSR count). The van der Waals surface area contributed by atoms with E-state index in [0.29, 0.717) is 5.91 Å². The summed E-state index contributed by atoms with van der Waals surface area (Å²) >= 11 is 1.94. The average Bonchev–Trinajstić information content (AvgIpc) is 2.27. The van der Waals surface area contributed by atoms with Gasteiger partial charge in [-0.25, -0.2) is 4.79 Å². The molecule has 1 amide bonds. The number of carbonyl (C=O) groups excluding carboxylic acids is 1. The highest BCUT2D eigenvalue weighted by Crippen LogP contribution is 2.14. The number of carboxylic acids is 1. The van der Waals surface area contributed by atoms with Crippen LogP contribution < -0.4 is 5.32 Å². The second-order valence-electron chi connectivity index (χ2n) is 4.10. The van der Waals surface area contributed by atoms with Crippen molar-refractivity contribution >= 4 is 23.6 Å². The normalized spacial score (nSPS) is 20.1. The average molecular weight is 300 g/mol. The van der Waals surface area contributed by atoms with Gasteiger partial charge in [-0.05, 0) is 0 Å². The van der Waals surface area contributed by atoms with Gasteiger partial charge >= 0.3 is 12.1 Å². The van der Waals surface area contributed by atoms with E-state index in [9.17, 15) is 18.0 Å². The number of alkyl halides is 3. The first-order valence-electron chi connectivity index (χ1n) is 5.69. The summed E-state index contributed by atoms with van der Waals surface area (Å²) in [6.07, 6.45) is -5.08. The Morgan fingerprint density at radius 3 is 2.00 bits per heavy atom. The van der Waals surface area contributed by atoms with Gasteiger partial charge in [0.25, 0.3) is 0 Å². The van der Waals surface area contributed by atoms with Gasteiger partial charge in [-0.15, -0.1) is 0 Å². The maximum atomic E-state index is 11.7. The van der Waals surface area contributed by atoms with E-state index in [0.717, 1.165) is 37.7 Å². The molecule has 0 bridgehead atoms. The molecule has 2 saturated heterocycles. The second-order valence-corrected chi connectivity index (χ2v) is 5.32. The summed E-state index contributed by atoms with van der Waals surface area (Å²) in [7, 11) is 0. The zero-order valence-corrected chi connectivity index (χ0v) is 10.9. The van der Waals surface area contributed by atoms with Crippen molar-refractivity contribution in [1.82, 2.24) is 10.2 Å². The largest absolute Gasteiger partial charge is 0.490 e. The van der Waals surface area contributed by atoms with Gasteiger partial charge in [-0.3, -0.25) is 4.79 Å². The first kappa shape index (κ1) is 16.1. The lowest BCUT2D eigenvalue weighted by atomic mass is 10.0. The first-order valence-corrected chi connectivity index (χ1v) is 6.85. The van der Waals surface area contributed by atoms with E-state index >= 15 is 0 Å². The number of aliphatic carboxylic acids is 1. The number of rotatable bonds is 1. The van der Waals surface area contributed by atoms with Crippen molar-refractivity contribution in [2.24, 2.45) is 5.92 Å². The third-order valence-electron chi connectivity index (χ3n) is 2.70. The minimum atomic E-state index is -5.08. The molecule has 0 aromatic carbocycles. The van der Waals surface area contributed by atoms with E-state index in [1.54, 1.807) is 0 Å². The van der Waals surface area contributed by atoms with Crippen molar-refractivity contribution in [3.05, 3.63) is 0 Å². The molecule has 5 nitrogen and oxygen atoms in total. The molecule has 2 aliphatic heterocycles. The Hall–Kier alpha value is -0.960. The molecule has 2 N–H and O–H groups in total. The molecule has 0 unspecified atom stereocenters. The monoisotopic (exact) mass is 300 g/mol. The third kappa shape index (κ3) is 5.27. The van der Waals surface area contributed by atoms with Gasteiger partial charge in [0.05, 0.1) is 5.92 Å². The molecule has 0 spiro atoms. The van der Waals surface area contributed by atoms with Crippen LogP contribution in [0.1, 0.15) is 0 Å². The fraction of sp³-hybridized carbons (Fsp3) is 0.800. The number of halogens is 3. The molecule has 0 aliphatic carbocycles. The lowest BCUT2D eigenvalue weighted by Crippen LogP contribution is -2.53. The Kier molecular flexibility index (Phi) is 5.92. The SMILES string of the molecule is O=C(C1CNC1)N1CCSCC1.O=C(O)C(F)(F)F. The molecule has 0 aromatic rings. The van der Waals surface area contributed by atoms with Crippen LogP contribution >= 0.6 is 11.8 Å². The van der Waals surface area contributed by atoms with Crippen LogP contribution in [-0.2, 0) is 9.59 Å². The Labute approximate surface area is 112 Å². The molecular formula is C10H15F3N2O3S. The predicted octanol–water partition coefficient (Wildman–Crippen LogP) is 0.415. The van der Waals surface area contributed by atoms with Crippen molar-refractivity contribution in [3.8, 4) is 0 Å². The zero-order valence-electron chi connectivity index (χ0n) is 10.1. The van der Waals surface area contributed by atoms with Crippen molar-refractivity contribution in [2.75, 3.05) is 37.7 Å². The lowest BCUT2D eigenvalue weighted by molar-refractivity contribution is -0.192. The highest BCUT2D eigenvalue weighted by molar-refractivity contribution is 7.99. The van der Waals surface area contributed by atoms with Crippen LogP contribution in [0.15, 0.2) is 0 Å². The van der Waals surface area contributed by atoms with E-state index in [4.69, 9.17) is 9.90 Å². The molecule has 0 saturated carbocycles. The predicted molar refractivity (Wildman–Crippen MR) is 64.0 cm³/mol.